The van der Waals surface area contributed by atoms with Crippen LogP contribution in [0.1, 0.15) is 32.1 Å². The second-order valence-corrected chi connectivity index (χ2v) is 5.27. The normalized spacial score (nSPS) is 62.5. The molecule has 4 unspecified atom stereocenters. The first-order valence-electron chi connectivity index (χ1n) is 5.14. The predicted octanol–water partition coefficient (Wildman–Crippen LogP) is 0.885. The van der Waals surface area contributed by atoms with Crippen molar-refractivity contribution in [1.82, 2.24) is 0 Å². The second kappa shape index (κ2) is 2.05. The van der Waals surface area contributed by atoms with E-state index in [0.717, 1.165) is 25.2 Å². The summed E-state index contributed by atoms with van der Waals surface area (Å²) >= 11 is 0. The molecule has 4 bridgehead atoms. The maximum atomic E-state index is 10.2. The first-order valence-corrected chi connectivity index (χ1v) is 5.14. The molecular formula is C10H17NO. The molecule has 2 nitrogen and oxygen atoms in total. The van der Waals surface area contributed by atoms with Gasteiger partial charge in [-0.25, -0.2) is 0 Å². The Balaban J connectivity index is 1.95. The van der Waals surface area contributed by atoms with E-state index >= 15 is 0 Å². The molecule has 0 aromatic rings. The molecule has 0 saturated heterocycles. The van der Waals surface area contributed by atoms with Gasteiger partial charge in [-0.1, -0.05) is 0 Å². The van der Waals surface area contributed by atoms with Crippen molar-refractivity contribution in [2.75, 3.05) is 0 Å². The molecule has 4 rings (SSSR count). The van der Waals surface area contributed by atoms with Crippen molar-refractivity contribution in [2.24, 2.45) is 23.5 Å². The Morgan fingerprint density at radius 2 is 1.67 bits per heavy atom. The first-order chi connectivity index (χ1) is 5.66. The van der Waals surface area contributed by atoms with Crippen LogP contribution in [0.3, 0.4) is 0 Å². The van der Waals surface area contributed by atoms with E-state index in [2.05, 4.69) is 0 Å². The third kappa shape index (κ3) is 0.826. The molecule has 0 radical (unpaired) electrons. The van der Waals surface area contributed by atoms with Gasteiger partial charge < -0.3 is 10.8 Å². The molecule has 0 heterocycles. The topological polar surface area (TPSA) is 46.2 Å². The van der Waals surface area contributed by atoms with Gasteiger partial charge in [-0.15, -0.1) is 0 Å². The average molecular weight is 167 g/mol. The lowest BCUT2D eigenvalue weighted by atomic mass is 9.52. The lowest BCUT2D eigenvalue weighted by molar-refractivity contribution is -0.132. The van der Waals surface area contributed by atoms with Crippen LogP contribution in [0.5, 0.6) is 0 Å². The molecule has 4 aliphatic carbocycles. The van der Waals surface area contributed by atoms with Gasteiger partial charge in [0.2, 0.25) is 0 Å². The summed E-state index contributed by atoms with van der Waals surface area (Å²) in [6.45, 7) is 0. The Bertz CT molecular complexity index is 200. The van der Waals surface area contributed by atoms with Gasteiger partial charge in [0.1, 0.15) is 0 Å². The smallest absolute Gasteiger partial charge is 0.0657 e. The van der Waals surface area contributed by atoms with Crippen LogP contribution in [-0.4, -0.2) is 16.7 Å². The highest BCUT2D eigenvalue weighted by molar-refractivity contribution is 5.06. The van der Waals surface area contributed by atoms with Crippen molar-refractivity contribution in [1.29, 1.82) is 0 Å². The molecule has 0 aromatic heterocycles. The first kappa shape index (κ1) is 7.34. The van der Waals surface area contributed by atoms with Crippen LogP contribution in [-0.2, 0) is 0 Å². The van der Waals surface area contributed by atoms with E-state index < -0.39 is 0 Å². The fourth-order valence-corrected chi connectivity index (χ4v) is 4.02. The number of aliphatic hydroxyl groups is 1. The van der Waals surface area contributed by atoms with Gasteiger partial charge >= 0.3 is 0 Å². The van der Waals surface area contributed by atoms with Gasteiger partial charge in [0.15, 0.2) is 0 Å². The number of rotatable bonds is 0. The highest BCUT2D eigenvalue weighted by Gasteiger charge is 2.53. The third-order valence-corrected chi connectivity index (χ3v) is 4.31. The quantitative estimate of drug-likeness (QED) is 0.562. The zero-order valence-corrected chi connectivity index (χ0v) is 7.37. The van der Waals surface area contributed by atoms with Crippen LogP contribution in [0.25, 0.3) is 0 Å². The highest BCUT2D eigenvalue weighted by atomic mass is 16.3. The maximum absolute atomic E-state index is 10.2. The Morgan fingerprint density at radius 3 is 2.17 bits per heavy atom. The van der Waals surface area contributed by atoms with E-state index in [1.165, 1.54) is 12.8 Å². The van der Waals surface area contributed by atoms with E-state index in [-0.39, 0.29) is 5.60 Å². The standard InChI is InChI=1S/C10H17NO/c11-9-7-1-6-2-8(9)5-10(12,3-6)4-7/h6-9,12H,1-5,11H2/t6?,7-,8?,9?,10?/m0/s1. The molecule has 68 valence electrons. The van der Waals surface area contributed by atoms with Crippen molar-refractivity contribution in [3.63, 3.8) is 0 Å². The molecule has 4 fully saturated rings. The largest absolute Gasteiger partial charge is 0.390 e. The molecule has 3 N–H and O–H groups in total. The maximum Gasteiger partial charge on any atom is 0.0657 e. The van der Waals surface area contributed by atoms with Crippen LogP contribution in [0, 0.1) is 17.8 Å². The minimum Gasteiger partial charge on any atom is -0.390 e. The van der Waals surface area contributed by atoms with Gasteiger partial charge in [-0.05, 0) is 49.9 Å². The van der Waals surface area contributed by atoms with Crippen molar-refractivity contribution >= 4 is 0 Å². The predicted molar refractivity (Wildman–Crippen MR) is 46.5 cm³/mol. The molecule has 0 spiro atoms. The minimum absolute atomic E-state index is 0.299. The zero-order valence-electron chi connectivity index (χ0n) is 7.37. The molecular weight excluding hydrogens is 150 g/mol. The van der Waals surface area contributed by atoms with Crippen molar-refractivity contribution in [3.8, 4) is 0 Å². The van der Waals surface area contributed by atoms with Gasteiger partial charge in [-0.3, -0.25) is 0 Å². The molecule has 12 heavy (non-hydrogen) atoms. The van der Waals surface area contributed by atoms with Crippen LogP contribution < -0.4 is 5.73 Å². The SMILES string of the molecule is NC1C2CC3C[C@H]1CC(O)(C3)C2. The molecule has 0 aliphatic heterocycles. The summed E-state index contributed by atoms with van der Waals surface area (Å²) in [5.74, 6) is 2.08. The lowest BCUT2D eigenvalue weighted by Gasteiger charge is -2.57. The molecule has 0 aromatic carbocycles. The highest BCUT2D eigenvalue weighted by Crippen LogP contribution is 2.54. The zero-order chi connectivity index (χ0) is 8.34. The van der Waals surface area contributed by atoms with Gasteiger partial charge in [0.25, 0.3) is 0 Å². The number of hydrogen-bond acceptors (Lipinski definition) is 2. The lowest BCUT2D eigenvalue weighted by Crippen LogP contribution is -2.59. The third-order valence-electron chi connectivity index (χ3n) is 4.31. The molecule has 5 atom stereocenters. The number of hydrogen-bond donors (Lipinski definition) is 2. The fraction of sp³-hybridized carbons (Fsp3) is 1.00. The summed E-state index contributed by atoms with van der Waals surface area (Å²) in [7, 11) is 0. The van der Waals surface area contributed by atoms with Crippen LogP contribution in [0.2, 0.25) is 0 Å². The van der Waals surface area contributed by atoms with Crippen molar-refractivity contribution in [3.05, 3.63) is 0 Å². The molecule has 4 aliphatic rings. The van der Waals surface area contributed by atoms with E-state index in [1.54, 1.807) is 0 Å². The number of nitrogens with two attached hydrogens (primary N) is 1. The van der Waals surface area contributed by atoms with E-state index in [9.17, 15) is 5.11 Å². The summed E-state index contributed by atoms with van der Waals surface area (Å²) in [6, 6.07) is 0.404. The molecule has 4 saturated carbocycles. The Morgan fingerprint density at radius 1 is 1.08 bits per heavy atom. The summed E-state index contributed by atoms with van der Waals surface area (Å²) in [5, 5.41) is 10.2. The van der Waals surface area contributed by atoms with Crippen molar-refractivity contribution in [2.45, 2.75) is 43.7 Å². The Hall–Kier alpha value is -0.0800. The minimum atomic E-state index is -0.299. The summed E-state index contributed by atoms with van der Waals surface area (Å²) in [6.07, 6.45) is 5.62. The second-order valence-electron chi connectivity index (χ2n) is 5.27. The molecule has 2 heteroatoms. The monoisotopic (exact) mass is 167 g/mol. The molecule has 0 amide bonds. The van der Waals surface area contributed by atoms with E-state index in [4.69, 9.17) is 5.73 Å². The van der Waals surface area contributed by atoms with E-state index in [1.807, 2.05) is 0 Å². The summed E-state index contributed by atoms with van der Waals surface area (Å²) in [4.78, 5) is 0. The fourth-order valence-electron chi connectivity index (χ4n) is 4.02. The Labute approximate surface area is 73.1 Å². The van der Waals surface area contributed by atoms with Gasteiger partial charge in [0.05, 0.1) is 5.60 Å². The van der Waals surface area contributed by atoms with Gasteiger partial charge in [-0.2, -0.15) is 0 Å². The van der Waals surface area contributed by atoms with Crippen LogP contribution in [0.4, 0.5) is 0 Å². The van der Waals surface area contributed by atoms with Crippen molar-refractivity contribution < 1.29 is 5.11 Å². The average Bonchev–Trinajstić information content (AvgIpc) is 1.96. The van der Waals surface area contributed by atoms with E-state index in [0.29, 0.717) is 17.9 Å². The van der Waals surface area contributed by atoms with Crippen LogP contribution in [0.15, 0.2) is 0 Å². The Kier molecular flexibility index (Phi) is 1.25. The van der Waals surface area contributed by atoms with Gasteiger partial charge in [0, 0.05) is 6.04 Å². The summed E-state index contributed by atoms with van der Waals surface area (Å²) in [5.41, 5.74) is 5.82. The summed E-state index contributed by atoms with van der Waals surface area (Å²) < 4.78 is 0. The van der Waals surface area contributed by atoms with Crippen LogP contribution >= 0.6 is 0 Å².